The predicted molar refractivity (Wildman–Crippen MR) is 78.7 cm³/mol. The van der Waals surface area contributed by atoms with Crippen LogP contribution >= 0.6 is 0 Å². The minimum Gasteiger partial charge on any atom is -0.299 e. The fourth-order valence-electron chi connectivity index (χ4n) is 3.22. The zero-order chi connectivity index (χ0) is 13.2. The number of hydrogen-bond acceptors (Lipinski definition) is 1. The van der Waals surface area contributed by atoms with Gasteiger partial charge in [0.2, 0.25) is 0 Å². The van der Waals surface area contributed by atoms with E-state index in [0.717, 1.165) is 25.2 Å². The third-order valence-corrected chi connectivity index (χ3v) is 4.48. The minimum absolute atomic E-state index is 0.386. The Morgan fingerprint density at radius 2 is 1.61 bits per heavy atom. The van der Waals surface area contributed by atoms with Crippen LogP contribution < -0.4 is 0 Å². The standard InChI is InChI=1S/C17H32O/c1-3-5-7-13-16(12-6-4-2)17(18)14-15-10-8-9-11-15/h15-16H,3-14H2,1-2H3. The van der Waals surface area contributed by atoms with E-state index >= 15 is 0 Å². The predicted octanol–water partition coefficient (Wildman–Crippen LogP) is 5.52. The molecule has 1 nitrogen and oxygen atoms in total. The van der Waals surface area contributed by atoms with Gasteiger partial charge >= 0.3 is 0 Å². The molecular weight excluding hydrogens is 220 g/mol. The summed E-state index contributed by atoms with van der Waals surface area (Å²) < 4.78 is 0. The van der Waals surface area contributed by atoms with Crippen molar-refractivity contribution in [2.75, 3.05) is 0 Å². The van der Waals surface area contributed by atoms with E-state index in [1.54, 1.807) is 0 Å². The van der Waals surface area contributed by atoms with Gasteiger partial charge in [-0.15, -0.1) is 0 Å². The normalized spacial score (nSPS) is 18.1. The molecule has 0 bridgehead atoms. The maximum atomic E-state index is 12.4. The van der Waals surface area contributed by atoms with Gasteiger partial charge in [0.1, 0.15) is 5.78 Å². The van der Waals surface area contributed by atoms with Crippen molar-refractivity contribution >= 4 is 5.78 Å². The van der Waals surface area contributed by atoms with E-state index in [1.807, 2.05) is 0 Å². The molecule has 0 heterocycles. The maximum Gasteiger partial charge on any atom is 0.136 e. The van der Waals surface area contributed by atoms with Crippen LogP contribution in [-0.2, 0) is 4.79 Å². The van der Waals surface area contributed by atoms with Gasteiger partial charge in [-0.25, -0.2) is 0 Å². The van der Waals surface area contributed by atoms with E-state index in [9.17, 15) is 4.79 Å². The first kappa shape index (κ1) is 15.7. The molecule has 0 aromatic rings. The molecule has 1 unspecified atom stereocenters. The van der Waals surface area contributed by atoms with Crippen LogP contribution in [0, 0.1) is 11.8 Å². The summed E-state index contributed by atoms with van der Waals surface area (Å²) in [6.45, 7) is 4.46. The smallest absolute Gasteiger partial charge is 0.136 e. The average molecular weight is 252 g/mol. The van der Waals surface area contributed by atoms with E-state index in [-0.39, 0.29) is 0 Å². The van der Waals surface area contributed by atoms with Gasteiger partial charge in [0.15, 0.2) is 0 Å². The van der Waals surface area contributed by atoms with Gasteiger partial charge in [0.05, 0.1) is 0 Å². The Balaban J connectivity index is 2.32. The van der Waals surface area contributed by atoms with Gasteiger partial charge in [-0.1, -0.05) is 71.6 Å². The van der Waals surface area contributed by atoms with Crippen LogP contribution in [-0.4, -0.2) is 5.78 Å². The van der Waals surface area contributed by atoms with E-state index in [2.05, 4.69) is 13.8 Å². The van der Waals surface area contributed by atoms with E-state index in [4.69, 9.17) is 0 Å². The molecule has 1 saturated carbocycles. The van der Waals surface area contributed by atoms with Crippen LogP contribution in [0.5, 0.6) is 0 Å². The second-order valence-electron chi connectivity index (χ2n) is 6.16. The van der Waals surface area contributed by atoms with Crippen molar-refractivity contribution in [1.82, 2.24) is 0 Å². The molecule has 0 aromatic carbocycles. The van der Waals surface area contributed by atoms with Crippen molar-refractivity contribution in [2.24, 2.45) is 11.8 Å². The second-order valence-corrected chi connectivity index (χ2v) is 6.16. The summed E-state index contributed by atoms with van der Waals surface area (Å²) in [6, 6.07) is 0. The number of ketones is 1. The van der Waals surface area contributed by atoms with Gasteiger partial charge in [-0.05, 0) is 18.8 Å². The van der Waals surface area contributed by atoms with Crippen LogP contribution in [0.3, 0.4) is 0 Å². The fraction of sp³-hybridized carbons (Fsp3) is 0.941. The zero-order valence-corrected chi connectivity index (χ0v) is 12.5. The number of unbranched alkanes of at least 4 members (excludes halogenated alkanes) is 3. The lowest BCUT2D eigenvalue weighted by Gasteiger charge is -2.17. The van der Waals surface area contributed by atoms with E-state index < -0.39 is 0 Å². The Labute approximate surface area is 114 Å². The Morgan fingerprint density at radius 1 is 1.00 bits per heavy atom. The lowest BCUT2D eigenvalue weighted by molar-refractivity contribution is -0.124. The molecule has 1 aliphatic carbocycles. The Hall–Kier alpha value is -0.330. The second kappa shape index (κ2) is 9.58. The van der Waals surface area contributed by atoms with Gasteiger partial charge in [0.25, 0.3) is 0 Å². The first-order valence-corrected chi connectivity index (χ1v) is 8.30. The van der Waals surface area contributed by atoms with Crippen LogP contribution in [0.15, 0.2) is 0 Å². The maximum absolute atomic E-state index is 12.4. The first-order valence-electron chi connectivity index (χ1n) is 8.30. The summed E-state index contributed by atoms with van der Waals surface area (Å²) >= 11 is 0. The highest BCUT2D eigenvalue weighted by atomic mass is 16.1. The summed E-state index contributed by atoms with van der Waals surface area (Å²) in [5.74, 6) is 1.70. The number of hydrogen-bond donors (Lipinski definition) is 0. The quantitative estimate of drug-likeness (QED) is 0.468. The molecule has 0 amide bonds. The molecule has 0 spiro atoms. The van der Waals surface area contributed by atoms with Gasteiger partial charge < -0.3 is 0 Å². The summed E-state index contributed by atoms with van der Waals surface area (Å²) in [5.41, 5.74) is 0. The molecule has 0 aliphatic heterocycles. The molecule has 1 fully saturated rings. The summed E-state index contributed by atoms with van der Waals surface area (Å²) in [4.78, 5) is 12.4. The largest absolute Gasteiger partial charge is 0.299 e. The first-order chi connectivity index (χ1) is 8.77. The van der Waals surface area contributed by atoms with E-state index in [1.165, 1.54) is 57.8 Å². The Bertz CT molecular complexity index is 216. The fourth-order valence-corrected chi connectivity index (χ4v) is 3.22. The summed E-state index contributed by atoms with van der Waals surface area (Å²) in [6.07, 6.45) is 14.8. The molecule has 0 N–H and O–H groups in total. The number of carbonyl (C=O) groups is 1. The monoisotopic (exact) mass is 252 g/mol. The highest BCUT2D eigenvalue weighted by molar-refractivity contribution is 5.81. The zero-order valence-electron chi connectivity index (χ0n) is 12.5. The molecule has 0 saturated heterocycles. The van der Waals surface area contributed by atoms with Crippen molar-refractivity contribution < 1.29 is 4.79 Å². The van der Waals surface area contributed by atoms with Gasteiger partial charge in [0, 0.05) is 12.3 Å². The highest BCUT2D eigenvalue weighted by Crippen LogP contribution is 2.30. The van der Waals surface area contributed by atoms with Crippen molar-refractivity contribution in [3.8, 4) is 0 Å². The molecule has 0 radical (unpaired) electrons. The highest BCUT2D eigenvalue weighted by Gasteiger charge is 2.23. The van der Waals surface area contributed by atoms with Crippen molar-refractivity contribution in [3.63, 3.8) is 0 Å². The third-order valence-electron chi connectivity index (χ3n) is 4.48. The third kappa shape index (κ3) is 6.02. The van der Waals surface area contributed by atoms with Crippen LogP contribution in [0.25, 0.3) is 0 Å². The minimum atomic E-state index is 0.386. The van der Waals surface area contributed by atoms with Gasteiger partial charge in [-0.2, -0.15) is 0 Å². The number of Topliss-reactive ketones (excluding diaryl/α,β-unsaturated/α-hetero) is 1. The topological polar surface area (TPSA) is 17.1 Å². The SMILES string of the molecule is CCCCCC(CCCC)C(=O)CC1CCCC1. The molecule has 1 rings (SSSR count). The number of carbonyl (C=O) groups excluding carboxylic acids is 1. The Morgan fingerprint density at radius 3 is 2.22 bits per heavy atom. The van der Waals surface area contributed by atoms with Crippen molar-refractivity contribution in [1.29, 1.82) is 0 Å². The van der Waals surface area contributed by atoms with E-state index in [0.29, 0.717) is 11.7 Å². The van der Waals surface area contributed by atoms with Crippen molar-refractivity contribution in [3.05, 3.63) is 0 Å². The van der Waals surface area contributed by atoms with Crippen LogP contribution in [0.4, 0.5) is 0 Å². The summed E-state index contributed by atoms with van der Waals surface area (Å²) in [5, 5.41) is 0. The molecule has 18 heavy (non-hydrogen) atoms. The lowest BCUT2D eigenvalue weighted by atomic mass is 9.86. The molecule has 1 aliphatic rings. The molecular formula is C17H32O. The Kier molecular flexibility index (Phi) is 8.37. The summed E-state index contributed by atoms with van der Waals surface area (Å²) in [7, 11) is 0. The molecule has 0 aromatic heterocycles. The number of rotatable bonds is 10. The molecule has 1 atom stereocenters. The molecule has 1 heteroatoms. The van der Waals surface area contributed by atoms with Gasteiger partial charge in [-0.3, -0.25) is 4.79 Å². The van der Waals surface area contributed by atoms with Crippen molar-refractivity contribution in [2.45, 2.75) is 90.9 Å². The molecule has 106 valence electrons. The van der Waals surface area contributed by atoms with Crippen LogP contribution in [0.1, 0.15) is 90.9 Å². The average Bonchev–Trinajstić information content (AvgIpc) is 2.86. The van der Waals surface area contributed by atoms with Crippen LogP contribution in [0.2, 0.25) is 0 Å². The lowest BCUT2D eigenvalue weighted by Crippen LogP contribution is -2.17.